The van der Waals surface area contributed by atoms with Crippen LogP contribution >= 0.6 is 23.2 Å². The molecular weight excluding hydrogens is 271 g/mol. The fraction of sp³-hybridized carbons (Fsp3) is 0. The Hall–Kier alpha value is -1.89. The number of ether oxygens (including phenoxy) is 1. The first kappa shape index (κ1) is 12.6. The predicted octanol–water partition coefficient (Wildman–Crippen LogP) is 4.24. The van der Waals surface area contributed by atoms with Crippen LogP contribution in [0.5, 0.6) is 11.5 Å². The molecule has 0 atom stereocenters. The molecule has 0 heterocycles. The molecule has 5 heteroatoms. The van der Waals surface area contributed by atoms with Crippen LogP contribution in [0.4, 0.5) is 5.69 Å². The SMILES string of the molecule is N#Cc1cc(Oc2cccc(Cl)c2Cl)ccc1N. The molecule has 0 aromatic heterocycles. The van der Waals surface area contributed by atoms with Crippen molar-refractivity contribution < 1.29 is 4.74 Å². The lowest BCUT2D eigenvalue weighted by atomic mass is 10.2. The molecule has 0 saturated carbocycles. The molecule has 3 nitrogen and oxygen atoms in total. The van der Waals surface area contributed by atoms with Crippen molar-refractivity contribution >= 4 is 28.9 Å². The summed E-state index contributed by atoms with van der Waals surface area (Å²) in [6.07, 6.45) is 0. The Balaban J connectivity index is 2.35. The van der Waals surface area contributed by atoms with Gasteiger partial charge in [-0.05, 0) is 24.3 Å². The maximum absolute atomic E-state index is 8.87. The van der Waals surface area contributed by atoms with Gasteiger partial charge in [-0.3, -0.25) is 0 Å². The third kappa shape index (κ3) is 2.51. The van der Waals surface area contributed by atoms with E-state index in [0.717, 1.165) is 0 Å². The highest BCUT2D eigenvalue weighted by Gasteiger charge is 2.08. The fourth-order valence-corrected chi connectivity index (χ4v) is 1.72. The van der Waals surface area contributed by atoms with E-state index in [1.54, 1.807) is 36.4 Å². The van der Waals surface area contributed by atoms with Gasteiger partial charge in [-0.1, -0.05) is 29.3 Å². The van der Waals surface area contributed by atoms with Crippen LogP contribution in [0.3, 0.4) is 0 Å². The van der Waals surface area contributed by atoms with Crippen LogP contribution < -0.4 is 10.5 Å². The summed E-state index contributed by atoms with van der Waals surface area (Å²) in [5.74, 6) is 0.905. The van der Waals surface area contributed by atoms with Gasteiger partial charge in [0.2, 0.25) is 0 Å². The highest BCUT2D eigenvalue weighted by Crippen LogP contribution is 2.35. The highest BCUT2D eigenvalue weighted by molar-refractivity contribution is 6.42. The second kappa shape index (κ2) is 5.18. The van der Waals surface area contributed by atoms with Gasteiger partial charge in [0, 0.05) is 11.8 Å². The second-order valence-electron chi connectivity index (χ2n) is 3.51. The Morgan fingerprint density at radius 1 is 1.17 bits per heavy atom. The van der Waals surface area contributed by atoms with Crippen LogP contribution in [0.15, 0.2) is 36.4 Å². The zero-order valence-electron chi connectivity index (χ0n) is 9.15. The number of halogens is 2. The first-order valence-corrected chi connectivity index (χ1v) is 5.79. The van der Waals surface area contributed by atoms with Crippen LogP contribution in [0.1, 0.15) is 5.56 Å². The molecule has 2 rings (SSSR count). The molecule has 2 aromatic carbocycles. The minimum absolute atomic E-state index is 0.328. The normalized spacial score (nSPS) is 9.83. The average molecular weight is 279 g/mol. The third-order valence-corrected chi connectivity index (χ3v) is 3.09. The van der Waals surface area contributed by atoms with Crippen LogP contribution in [0.25, 0.3) is 0 Å². The molecule has 90 valence electrons. The van der Waals surface area contributed by atoms with Gasteiger partial charge in [-0.25, -0.2) is 0 Å². The molecule has 2 aromatic rings. The van der Waals surface area contributed by atoms with Crippen molar-refractivity contribution in [2.45, 2.75) is 0 Å². The van der Waals surface area contributed by atoms with Gasteiger partial charge < -0.3 is 10.5 Å². The van der Waals surface area contributed by atoms with E-state index < -0.39 is 0 Å². The number of nitrogen functional groups attached to an aromatic ring is 1. The Kier molecular flexibility index (Phi) is 3.61. The fourth-order valence-electron chi connectivity index (χ4n) is 1.39. The largest absolute Gasteiger partial charge is 0.456 e. The van der Waals surface area contributed by atoms with Crippen molar-refractivity contribution in [1.29, 1.82) is 5.26 Å². The lowest BCUT2D eigenvalue weighted by Crippen LogP contribution is -1.92. The summed E-state index contributed by atoms with van der Waals surface area (Å²) in [6.45, 7) is 0. The van der Waals surface area contributed by atoms with Gasteiger partial charge in [0.1, 0.15) is 22.6 Å². The molecular formula is C13H8Cl2N2O. The quantitative estimate of drug-likeness (QED) is 0.836. The van der Waals surface area contributed by atoms with Crippen LogP contribution in [-0.4, -0.2) is 0 Å². The maximum Gasteiger partial charge on any atom is 0.147 e. The van der Waals surface area contributed by atoms with Gasteiger partial charge in [0.25, 0.3) is 0 Å². The van der Waals surface area contributed by atoms with Crippen molar-refractivity contribution in [3.05, 3.63) is 52.0 Å². The molecule has 0 bridgehead atoms. The number of anilines is 1. The number of hydrogen-bond acceptors (Lipinski definition) is 3. The summed E-state index contributed by atoms with van der Waals surface area (Å²) in [5, 5.41) is 9.61. The molecule has 0 aliphatic heterocycles. The zero-order valence-corrected chi connectivity index (χ0v) is 10.7. The standard InChI is InChI=1S/C13H8Cl2N2O/c14-10-2-1-3-12(13(10)15)18-9-4-5-11(17)8(6-9)7-16/h1-6H,17H2. The van der Waals surface area contributed by atoms with Crippen LogP contribution in [0, 0.1) is 11.3 Å². The van der Waals surface area contributed by atoms with E-state index in [-0.39, 0.29) is 0 Å². The lowest BCUT2D eigenvalue weighted by Gasteiger charge is -2.09. The summed E-state index contributed by atoms with van der Waals surface area (Å²) in [5.41, 5.74) is 6.38. The van der Waals surface area contributed by atoms with Gasteiger partial charge in [0.15, 0.2) is 0 Å². The van der Waals surface area contributed by atoms with E-state index in [2.05, 4.69) is 0 Å². The summed E-state index contributed by atoms with van der Waals surface area (Å²) in [4.78, 5) is 0. The van der Waals surface area contributed by atoms with Crippen molar-refractivity contribution in [2.24, 2.45) is 0 Å². The first-order chi connectivity index (χ1) is 8.61. The van der Waals surface area contributed by atoms with E-state index in [4.69, 9.17) is 38.9 Å². The van der Waals surface area contributed by atoms with Crippen molar-refractivity contribution in [3.63, 3.8) is 0 Å². The lowest BCUT2D eigenvalue weighted by molar-refractivity contribution is 0.483. The van der Waals surface area contributed by atoms with E-state index >= 15 is 0 Å². The summed E-state index contributed by atoms with van der Waals surface area (Å²) in [6, 6.07) is 11.9. The zero-order chi connectivity index (χ0) is 13.1. The number of hydrogen-bond donors (Lipinski definition) is 1. The topological polar surface area (TPSA) is 59.0 Å². The number of rotatable bonds is 2. The van der Waals surface area contributed by atoms with Crippen molar-refractivity contribution in [1.82, 2.24) is 0 Å². The Bertz CT molecular complexity index is 635. The number of nitrogens with two attached hydrogens (primary N) is 1. The second-order valence-corrected chi connectivity index (χ2v) is 4.30. The third-order valence-electron chi connectivity index (χ3n) is 2.29. The van der Waals surface area contributed by atoms with Crippen LogP contribution in [-0.2, 0) is 0 Å². The van der Waals surface area contributed by atoms with E-state index in [1.165, 1.54) is 0 Å². The highest BCUT2D eigenvalue weighted by atomic mass is 35.5. The summed E-state index contributed by atoms with van der Waals surface area (Å²) < 4.78 is 5.56. The summed E-state index contributed by atoms with van der Waals surface area (Å²) >= 11 is 11.9. The molecule has 18 heavy (non-hydrogen) atoms. The van der Waals surface area contributed by atoms with Gasteiger partial charge in [0.05, 0.1) is 10.6 Å². The molecule has 0 aliphatic carbocycles. The molecule has 0 aliphatic rings. The predicted molar refractivity (Wildman–Crippen MR) is 72.1 cm³/mol. The van der Waals surface area contributed by atoms with Crippen molar-refractivity contribution in [3.8, 4) is 17.6 Å². The van der Waals surface area contributed by atoms with Gasteiger partial charge in [-0.2, -0.15) is 5.26 Å². The van der Waals surface area contributed by atoms with Gasteiger partial charge >= 0.3 is 0 Å². The molecule has 0 fully saturated rings. The number of benzene rings is 2. The maximum atomic E-state index is 8.87. The molecule has 0 unspecified atom stereocenters. The monoisotopic (exact) mass is 278 g/mol. The Morgan fingerprint density at radius 3 is 2.67 bits per heavy atom. The molecule has 2 N–H and O–H groups in total. The Labute approximate surface area is 114 Å². The first-order valence-electron chi connectivity index (χ1n) is 5.03. The molecule has 0 amide bonds. The van der Waals surface area contributed by atoms with Crippen molar-refractivity contribution in [2.75, 3.05) is 5.73 Å². The van der Waals surface area contributed by atoms with E-state index in [9.17, 15) is 0 Å². The van der Waals surface area contributed by atoms with E-state index in [0.29, 0.717) is 32.8 Å². The summed E-state index contributed by atoms with van der Waals surface area (Å²) in [7, 11) is 0. The van der Waals surface area contributed by atoms with Gasteiger partial charge in [-0.15, -0.1) is 0 Å². The minimum Gasteiger partial charge on any atom is -0.456 e. The molecule has 0 saturated heterocycles. The molecule has 0 spiro atoms. The number of nitrogens with zero attached hydrogens (tertiary/aromatic N) is 1. The molecule has 0 radical (unpaired) electrons. The minimum atomic E-state index is 0.328. The average Bonchev–Trinajstić information content (AvgIpc) is 2.37. The number of nitriles is 1. The smallest absolute Gasteiger partial charge is 0.147 e. The van der Waals surface area contributed by atoms with Crippen LogP contribution in [0.2, 0.25) is 10.0 Å². The van der Waals surface area contributed by atoms with E-state index in [1.807, 2.05) is 6.07 Å². The Morgan fingerprint density at radius 2 is 1.94 bits per heavy atom.